The normalized spacial score (nSPS) is 11.7. The third-order valence-electron chi connectivity index (χ3n) is 3.05. The number of thiophene rings is 1. The molecule has 0 N–H and O–H groups in total. The lowest BCUT2D eigenvalue weighted by atomic mass is 10.3. The molecule has 0 saturated carbocycles. The van der Waals surface area contributed by atoms with Crippen LogP contribution in [0.1, 0.15) is 11.3 Å². The Kier molecular flexibility index (Phi) is 3.93. The van der Waals surface area contributed by atoms with Gasteiger partial charge in [0.15, 0.2) is 9.84 Å². The van der Waals surface area contributed by atoms with Crippen molar-refractivity contribution in [3.63, 3.8) is 0 Å². The summed E-state index contributed by atoms with van der Waals surface area (Å²) in [4.78, 5) is 5.93. The number of rotatable bonds is 4. The molecule has 3 aromatic rings. The maximum Gasteiger partial charge on any atom is 0.184 e. The molecule has 3 nitrogen and oxygen atoms in total. The second-order valence-corrected chi connectivity index (χ2v) is 8.41. The predicted molar refractivity (Wildman–Crippen MR) is 87.5 cm³/mol. The molecule has 0 amide bonds. The summed E-state index contributed by atoms with van der Waals surface area (Å²) in [6.07, 6.45) is 0. The first kappa shape index (κ1) is 14.4. The van der Waals surface area contributed by atoms with Gasteiger partial charge in [-0.05, 0) is 36.1 Å². The highest BCUT2D eigenvalue weighted by molar-refractivity contribution is 7.90. The van der Waals surface area contributed by atoms with Crippen molar-refractivity contribution in [2.24, 2.45) is 0 Å². The Balaban J connectivity index is 1.87. The van der Waals surface area contributed by atoms with E-state index in [0.29, 0.717) is 10.6 Å². The van der Waals surface area contributed by atoms with Gasteiger partial charge in [0, 0.05) is 5.38 Å². The van der Waals surface area contributed by atoms with E-state index in [4.69, 9.17) is 0 Å². The first-order valence-corrected chi connectivity index (χ1v) is 9.74. The van der Waals surface area contributed by atoms with Crippen molar-refractivity contribution in [3.05, 3.63) is 58.4 Å². The topological polar surface area (TPSA) is 47.0 Å². The molecule has 0 fully saturated rings. The van der Waals surface area contributed by atoms with Crippen LogP contribution >= 0.6 is 22.7 Å². The third kappa shape index (κ3) is 3.07. The molecule has 0 aliphatic rings. The van der Waals surface area contributed by atoms with E-state index in [1.165, 1.54) is 16.9 Å². The summed E-state index contributed by atoms with van der Waals surface area (Å²) in [5.74, 6) is -0.0576. The number of hydrogen-bond acceptors (Lipinski definition) is 5. The number of thiazole rings is 1. The molecule has 2 heterocycles. The minimum atomic E-state index is -3.33. The van der Waals surface area contributed by atoms with Gasteiger partial charge in [-0.25, -0.2) is 13.4 Å². The highest BCUT2D eigenvalue weighted by Crippen LogP contribution is 2.32. The summed E-state index contributed by atoms with van der Waals surface area (Å²) in [6.45, 7) is 2.04. The van der Waals surface area contributed by atoms with E-state index in [2.05, 4.69) is 4.98 Å². The molecule has 108 valence electrons. The van der Waals surface area contributed by atoms with E-state index in [1.807, 2.05) is 23.8 Å². The fourth-order valence-corrected chi connectivity index (χ4v) is 5.28. The van der Waals surface area contributed by atoms with Crippen LogP contribution in [-0.2, 0) is 15.6 Å². The van der Waals surface area contributed by atoms with Crippen molar-refractivity contribution in [2.75, 3.05) is 0 Å². The van der Waals surface area contributed by atoms with Crippen LogP contribution in [0.4, 0.5) is 0 Å². The minimum Gasteiger partial charge on any atom is -0.239 e. The summed E-state index contributed by atoms with van der Waals surface area (Å²) in [5.41, 5.74) is 1.78. The molecule has 0 unspecified atom stereocenters. The summed E-state index contributed by atoms with van der Waals surface area (Å²) in [5, 5.41) is 4.74. The van der Waals surface area contributed by atoms with Gasteiger partial charge in [-0.15, -0.1) is 22.7 Å². The van der Waals surface area contributed by atoms with Crippen LogP contribution in [0.2, 0.25) is 0 Å². The van der Waals surface area contributed by atoms with Gasteiger partial charge in [0.05, 0.1) is 21.2 Å². The first-order valence-electron chi connectivity index (χ1n) is 6.33. The van der Waals surface area contributed by atoms with E-state index >= 15 is 0 Å². The summed E-state index contributed by atoms with van der Waals surface area (Å²) in [7, 11) is -3.33. The van der Waals surface area contributed by atoms with Crippen LogP contribution in [0.5, 0.6) is 0 Å². The zero-order valence-corrected chi connectivity index (χ0v) is 13.8. The number of aryl methyl sites for hydroxylation is 1. The number of hydrogen-bond donors (Lipinski definition) is 0. The molecule has 0 saturated heterocycles. The monoisotopic (exact) mass is 335 g/mol. The standard InChI is InChI=1S/C15H13NO2S3/c1-11-7-8-19-14(11)15-16-12(9-20-15)10-21(17,18)13-5-3-2-4-6-13/h2-9H,10H2,1H3. The number of aromatic nitrogens is 1. The molecular formula is C15H13NO2S3. The molecule has 2 aromatic heterocycles. The maximum atomic E-state index is 12.3. The van der Waals surface area contributed by atoms with Gasteiger partial charge in [-0.2, -0.15) is 0 Å². The highest BCUT2D eigenvalue weighted by atomic mass is 32.2. The Morgan fingerprint density at radius 1 is 1.10 bits per heavy atom. The van der Waals surface area contributed by atoms with Crippen molar-refractivity contribution >= 4 is 32.5 Å². The van der Waals surface area contributed by atoms with Crippen LogP contribution in [0, 0.1) is 6.92 Å². The molecule has 3 rings (SSSR count). The van der Waals surface area contributed by atoms with Crippen molar-refractivity contribution < 1.29 is 8.42 Å². The molecular weight excluding hydrogens is 322 g/mol. The van der Waals surface area contributed by atoms with Crippen molar-refractivity contribution in [1.29, 1.82) is 0 Å². The SMILES string of the molecule is Cc1ccsc1-c1nc(CS(=O)(=O)c2ccccc2)cs1. The van der Waals surface area contributed by atoms with Crippen molar-refractivity contribution in [1.82, 2.24) is 4.98 Å². The minimum absolute atomic E-state index is 0.0576. The predicted octanol–water partition coefficient (Wildman–Crippen LogP) is 4.15. The molecule has 21 heavy (non-hydrogen) atoms. The van der Waals surface area contributed by atoms with Gasteiger partial charge in [-0.3, -0.25) is 0 Å². The Bertz CT molecular complexity index is 848. The largest absolute Gasteiger partial charge is 0.239 e. The first-order chi connectivity index (χ1) is 10.1. The fraction of sp³-hybridized carbons (Fsp3) is 0.133. The van der Waals surface area contributed by atoms with Crippen LogP contribution in [0.15, 0.2) is 52.1 Å². The summed E-state index contributed by atoms with van der Waals surface area (Å²) >= 11 is 3.12. The van der Waals surface area contributed by atoms with Gasteiger partial charge >= 0.3 is 0 Å². The van der Waals surface area contributed by atoms with E-state index < -0.39 is 9.84 Å². The molecule has 0 atom stereocenters. The molecule has 0 bridgehead atoms. The van der Waals surface area contributed by atoms with Gasteiger partial charge < -0.3 is 0 Å². The van der Waals surface area contributed by atoms with Crippen LogP contribution in [-0.4, -0.2) is 13.4 Å². The van der Waals surface area contributed by atoms with Crippen LogP contribution in [0.3, 0.4) is 0 Å². The van der Waals surface area contributed by atoms with E-state index in [0.717, 1.165) is 9.88 Å². The number of benzene rings is 1. The quantitative estimate of drug-likeness (QED) is 0.719. The average molecular weight is 335 g/mol. The lowest BCUT2D eigenvalue weighted by Gasteiger charge is -2.01. The highest BCUT2D eigenvalue weighted by Gasteiger charge is 2.17. The fourth-order valence-electron chi connectivity index (χ4n) is 1.98. The lowest BCUT2D eigenvalue weighted by Crippen LogP contribution is -2.04. The van der Waals surface area contributed by atoms with Crippen molar-refractivity contribution in [2.45, 2.75) is 17.6 Å². The molecule has 1 aromatic carbocycles. The van der Waals surface area contributed by atoms with Crippen LogP contribution in [0.25, 0.3) is 9.88 Å². The van der Waals surface area contributed by atoms with Gasteiger partial charge in [-0.1, -0.05) is 18.2 Å². The van der Waals surface area contributed by atoms with E-state index in [-0.39, 0.29) is 5.75 Å². The number of nitrogens with zero attached hydrogens (tertiary/aromatic N) is 1. The van der Waals surface area contributed by atoms with Gasteiger partial charge in [0.1, 0.15) is 5.01 Å². The molecule has 0 spiro atoms. The van der Waals surface area contributed by atoms with Crippen LogP contribution < -0.4 is 0 Å². The van der Waals surface area contributed by atoms with Gasteiger partial charge in [0.25, 0.3) is 0 Å². The van der Waals surface area contributed by atoms with Gasteiger partial charge in [0.2, 0.25) is 0 Å². The average Bonchev–Trinajstić information content (AvgIpc) is 3.08. The molecule has 0 aliphatic carbocycles. The zero-order chi connectivity index (χ0) is 14.9. The second-order valence-electron chi connectivity index (χ2n) is 4.65. The summed E-state index contributed by atoms with van der Waals surface area (Å²) in [6, 6.07) is 10.5. The third-order valence-corrected chi connectivity index (χ3v) is 6.78. The Labute approximate surface area is 131 Å². The molecule has 0 aliphatic heterocycles. The van der Waals surface area contributed by atoms with E-state index in [9.17, 15) is 8.42 Å². The second kappa shape index (κ2) is 5.71. The Morgan fingerprint density at radius 3 is 2.52 bits per heavy atom. The Morgan fingerprint density at radius 2 is 1.86 bits per heavy atom. The molecule has 6 heteroatoms. The maximum absolute atomic E-state index is 12.3. The summed E-state index contributed by atoms with van der Waals surface area (Å²) < 4.78 is 24.7. The Hall–Kier alpha value is -1.50. The lowest BCUT2D eigenvalue weighted by molar-refractivity contribution is 0.595. The zero-order valence-electron chi connectivity index (χ0n) is 11.3. The van der Waals surface area contributed by atoms with E-state index in [1.54, 1.807) is 41.7 Å². The van der Waals surface area contributed by atoms with Crippen molar-refractivity contribution in [3.8, 4) is 9.88 Å². The smallest absolute Gasteiger partial charge is 0.184 e. The number of sulfone groups is 1. The molecule has 0 radical (unpaired) electrons.